The zero-order valence-electron chi connectivity index (χ0n) is 10.2. The summed E-state index contributed by atoms with van der Waals surface area (Å²) in [5.41, 5.74) is 4.06. The topological polar surface area (TPSA) is 21.3 Å². The first-order valence-electron chi connectivity index (χ1n) is 6.27. The van der Waals surface area contributed by atoms with Gasteiger partial charge in [0.05, 0.1) is 6.26 Å². The lowest BCUT2D eigenvalue weighted by molar-refractivity contribution is 0.0317. The minimum atomic E-state index is -0.592. The van der Waals surface area contributed by atoms with Crippen LogP contribution in [-0.2, 0) is 17.0 Å². The van der Waals surface area contributed by atoms with E-state index in [4.69, 9.17) is 16.3 Å². The third kappa shape index (κ3) is 1.47. The molecule has 2 aromatic rings. The number of hydrogen-bond acceptors (Lipinski definition) is 2. The van der Waals surface area contributed by atoms with Gasteiger partial charge in [-0.1, -0.05) is 41.9 Å². The van der Waals surface area contributed by atoms with Gasteiger partial charge in [-0.25, -0.2) is 0 Å². The molecule has 2 nitrogen and oxygen atoms in total. The fraction of sp³-hybridized carbons (Fsp3) is 0.125. The lowest BCUT2D eigenvalue weighted by atomic mass is 9.89. The van der Waals surface area contributed by atoms with Gasteiger partial charge in [0.2, 0.25) is 5.72 Å². The average Bonchev–Trinajstić information content (AvgIpc) is 2.80. The van der Waals surface area contributed by atoms with Gasteiger partial charge >= 0.3 is 0 Å². The minimum absolute atomic E-state index is 0.592. The standard InChI is InChI=1S/C16H12ClNO/c17-13-6-5-11-7-8-19-16(15(11)9-13)14-4-2-1-3-12(14)10-18-16/h1-9,18H,10H2. The van der Waals surface area contributed by atoms with Crippen molar-refractivity contribution in [1.82, 2.24) is 5.32 Å². The molecule has 0 saturated carbocycles. The number of halogens is 1. The van der Waals surface area contributed by atoms with Gasteiger partial charge in [0.25, 0.3) is 0 Å². The highest BCUT2D eigenvalue weighted by molar-refractivity contribution is 6.30. The third-order valence-corrected chi connectivity index (χ3v) is 4.05. The molecule has 2 heterocycles. The Labute approximate surface area is 116 Å². The lowest BCUT2D eigenvalue weighted by Crippen LogP contribution is -2.41. The van der Waals surface area contributed by atoms with Crippen molar-refractivity contribution in [2.45, 2.75) is 12.3 Å². The third-order valence-electron chi connectivity index (χ3n) is 3.81. The second-order valence-electron chi connectivity index (χ2n) is 4.84. The molecular weight excluding hydrogens is 258 g/mol. The zero-order valence-corrected chi connectivity index (χ0v) is 10.9. The Kier molecular flexibility index (Phi) is 2.25. The highest BCUT2D eigenvalue weighted by Gasteiger charge is 2.44. The number of nitrogens with one attached hydrogen (secondary N) is 1. The normalized spacial score (nSPS) is 23.0. The Balaban J connectivity index is 2.00. The van der Waals surface area contributed by atoms with Crippen LogP contribution in [0.25, 0.3) is 6.08 Å². The summed E-state index contributed by atoms with van der Waals surface area (Å²) in [6, 6.07) is 14.2. The molecule has 2 aliphatic heterocycles. The van der Waals surface area contributed by atoms with Crippen molar-refractivity contribution in [2.75, 3.05) is 0 Å². The van der Waals surface area contributed by atoms with Crippen LogP contribution in [-0.4, -0.2) is 0 Å². The monoisotopic (exact) mass is 269 g/mol. The molecule has 3 heteroatoms. The predicted octanol–water partition coefficient (Wildman–Crippen LogP) is 3.65. The van der Waals surface area contributed by atoms with Crippen LogP contribution in [0.1, 0.15) is 22.3 Å². The fourth-order valence-electron chi connectivity index (χ4n) is 2.93. The molecule has 0 saturated heterocycles. The van der Waals surface area contributed by atoms with Gasteiger partial charge in [-0.15, -0.1) is 0 Å². The van der Waals surface area contributed by atoms with Gasteiger partial charge in [-0.3, -0.25) is 5.32 Å². The van der Waals surface area contributed by atoms with E-state index in [1.54, 1.807) is 6.26 Å². The van der Waals surface area contributed by atoms with Crippen LogP contribution in [0.2, 0.25) is 5.02 Å². The maximum atomic E-state index is 6.16. The van der Waals surface area contributed by atoms with Crippen LogP contribution < -0.4 is 5.32 Å². The van der Waals surface area contributed by atoms with Crippen LogP contribution >= 0.6 is 11.6 Å². The van der Waals surface area contributed by atoms with Crippen molar-refractivity contribution in [3.05, 3.63) is 76.0 Å². The Morgan fingerprint density at radius 3 is 2.95 bits per heavy atom. The SMILES string of the molecule is Clc1ccc2c(c1)C1(NCc3ccccc31)OC=C2. The largest absolute Gasteiger partial charge is 0.472 e. The van der Waals surface area contributed by atoms with E-state index >= 15 is 0 Å². The summed E-state index contributed by atoms with van der Waals surface area (Å²) >= 11 is 6.16. The smallest absolute Gasteiger partial charge is 0.213 e. The van der Waals surface area contributed by atoms with Crippen LogP contribution in [0.5, 0.6) is 0 Å². The molecule has 1 spiro atoms. The van der Waals surface area contributed by atoms with Gasteiger partial charge in [-0.2, -0.15) is 0 Å². The molecule has 94 valence electrons. The Morgan fingerprint density at radius 1 is 1.11 bits per heavy atom. The summed E-state index contributed by atoms with van der Waals surface area (Å²) < 4.78 is 5.98. The van der Waals surface area contributed by atoms with E-state index in [2.05, 4.69) is 23.5 Å². The van der Waals surface area contributed by atoms with Gasteiger partial charge in [0, 0.05) is 22.7 Å². The molecule has 1 atom stereocenters. The Hall–Kier alpha value is -1.77. The van der Waals surface area contributed by atoms with E-state index in [-0.39, 0.29) is 0 Å². The average molecular weight is 270 g/mol. The second kappa shape index (κ2) is 3.86. The molecule has 2 aliphatic rings. The van der Waals surface area contributed by atoms with Crippen LogP contribution in [0.3, 0.4) is 0 Å². The number of ether oxygens (including phenoxy) is 1. The summed E-state index contributed by atoms with van der Waals surface area (Å²) in [6.07, 6.45) is 3.73. The van der Waals surface area contributed by atoms with Crippen molar-refractivity contribution in [3.8, 4) is 0 Å². The Morgan fingerprint density at radius 2 is 2.00 bits per heavy atom. The summed E-state index contributed by atoms with van der Waals surface area (Å²) in [4.78, 5) is 0. The molecule has 1 N–H and O–H groups in total. The molecule has 19 heavy (non-hydrogen) atoms. The first-order chi connectivity index (χ1) is 9.29. The van der Waals surface area contributed by atoms with Gasteiger partial charge in [-0.05, 0) is 29.3 Å². The quantitative estimate of drug-likeness (QED) is 0.788. The second-order valence-corrected chi connectivity index (χ2v) is 5.28. The summed E-state index contributed by atoms with van der Waals surface area (Å²) in [5, 5.41) is 4.21. The molecule has 0 fully saturated rings. The van der Waals surface area contributed by atoms with Crippen LogP contribution in [0.4, 0.5) is 0 Å². The van der Waals surface area contributed by atoms with E-state index in [9.17, 15) is 0 Å². The molecule has 2 aromatic carbocycles. The molecular formula is C16H12ClNO. The summed E-state index contributed by atoms with van der Waals surface area (Å²) in [7, 11) is 0. The van der Waals surface area contributed by atoms with Crippen molar-refractivity contribution in [1.29, 1.82) is 0 Å². The number of hydrogen-bond donors (Lipinski definition) is 1. The minimum Gasteiger partial charge on any atom is -0.472 e. The highest BCUT2D eigenvalue weighted by Crippen LogP contribution is 2.43. The molecule has 0 radical (unpaired) electrons. The van der Waals surface area contributed by atoms with E-state index in [0.29, 0.717) is 0 Å². The molecule has 0 bridgehead atoms. The van der Waals surface area contributed by atoms with Crippen molar-refractivity contribution < 1.29 is 4.74 Å². The maximum absolute atomic E-state index is 6.16. The summed E-state index contributed by atoms with van der Waals surface area (Å²) in [6.45, 7) is 0.802. The van der Waals surface area contributed by atoms with Crippen molar-refractivity contribution in [2.24, 2.45) is 0 Å². The van der Waals surface area contributed by atoms with E-state index in [1.807, 2.05) is 30.3 Å². The highest BCUT2D eigenvalue weighted by atomic mass is 35.5. The van der Waals surface area contributed by atoms with Crippen molar-refractivity contribution in [3.63, 3.8) is 0 Å². The molecule has 0 aliphatic carbocycles. The van der Waals surface area contributed by atoms with E-state index in [0.717, 1.165) is 22.7 Å². The maximum Gasteiger partial charge on any atom is 0.213 e. The summed E-state index contributed by atoms with van der Waals surface area (Å²) in [5.74, 6) is 0. The molecule has 0 amide bonds. The molecule has 4 rings (SSSR count). The van der Waals surface area contributed by atoms with Crippen LogP contribution in [0.15, 0.2) is 48.7 Å². The van der Waals surface area contributed by atoms with E-state index < -0.39 is 5.72 Å². The van der Waals surface area contributed by atoms with Crippen molar-refractivity contribution >= 4 is 17.7 Å². The zero-order chi connectivity index (χ0) is 12.9. The number of fused-ring (bicyclic) bond motifs is 4. The Bertz CT molecular complexity index is 695. The fourth-order valence-corrected chi connectivity index (χ4v) is 3.10. The van der Waals surface area contributed by atoms with Gasteiger partial charge in [0.15, 0.2) is 0 Å². The predicted molar refractivity (Wildman–Crippen MR) is 75.6 cm³/mol. The van der Waals surface area contributed by atoms with Gasteiger partial charge in [0.1, 0.15) is 0 Å². The van der Waals surface area contributed by atoms with Crippen LogP contribution in [0, 0.1) is 0 Å². The first-order valence-corrected chi connectivity index (χ1v) is 6.65. The molecule has 1 unspecified atom stereocenters. The first kappa shape index (κ1) is 11.1. The number of benzene rings is 2. The van der Waals surface area contributed by atoms with Gasteiger partial charge < -0.3 is 4.74 Å². The number of rotatable bonds is 0. The lowest BCUT2D eigenvalue weighted by Gasteiger charge is -2.34. The molecule has 0 aromatic heterocycles. The van der Waals surface area contributed by atoms with E-state index in [1.165, 1.54) is 11.1 Å².